The van der Waals surface area contributed by atoms with Gasteiger partial charge < -0.3 is 5.32 Å². The van der Waals surface area contributed by atoms with Crippen molar-refractivity contribution in [1.82, 2.24) is 0 Å². The van der Waals surface area contributed by atoms with Crippen molar-refractivity contribution in [2.24, 2.45) is 0 Å². The Kier molecular flexibility index (Phi) is 4.77. The van der Waals surface area contributed by atoms with Crippen molar-refractivity contribution in [2.75, 3.05) is 5.32 Å². The molecule has 3 aromatic rings. The van der Waals surface area contributed by atoms with Crippen LogP contribution >= 0.6 is 11.6 Å². The topological polar surface area (TPSA) is 12.0 Å². The highest BCUT2D eigenvalue weighted by molar-refractivity contribution is 6.30. The lowest BCUT2D eigenvalue weighted by Crippen LogP contribution is -2.03. The van der Waals surface area contributed by atoms with Gasteiger partial charge in [-0.15, -0.1) is 0 Å². The molecule has 2 heteroatoms. The molecule has 0 amide bonds. The minimum Gasteiger partial charge on any atom is -0.381 e. The zero-order chi connectivity index (χ0) is 15.2. The Bertz CT molecular complexity index is 723. The number of benzene rings is 3. The molecular weight excluding hydrogens is 290 g/mol. The largest absolute Gasteiger partial charge is 0.381 e. The van der Waals surface area contributed by atoms with Gasteiger partial charge in [-0.05, 0) is 41.3 Å². The molecule has 0 fully saturated rings. The summed E-state index contributed by atoms with van der Waals surface area (Å²) in [5, 5.41) is 4.29. The summed E-state index contributed by atoms with van der Waals surface area (Å²) in [4.78, 5) is 0. The van der Waals surface area contributed by atoms with Crippen molar-refractivity contribution < 1.29 is 0 Å². The van der Waals surface area contributed by atoms with Crippen molar-refractivity contribution in [3.05, 3.63) is 101 Å². The van der Waals surface area contributed by atoms with E-state index in [0.29, 0.717) is 0 Å². The predicted molar refractivity (Wildman–Crippen MR) is 94.5 cm³/mol. The average Bonchev–Trinajstić information content (AvgIpc) is 2.56. The van der Waals surface area contributed by atoms with Crippen molar-refractivity contribution >= 4 is 17.3 Å². The van der Waals surface area contributed by atoms with Crippen molar-refractivity contribution in [1.29, 1.82) is 0 Å². The Balaban J connectivity index is 1.78. The number of hydrogen-bond donors (Lipinski definition) is 1. The number of anilines is 1. The van der Waals surface area contributed by atoms with E-state index in [4.69, 9.17) is 11.6 Å². The molecule has 0 aliphatic carbocycles. The van der Waals surface area contributed by atoms with Crippen molar-refractivity contribution in [3.63, 3.8) is 0 Å². The molecule has 0 radical (unpaired) electrons. The van der Waals surface area contributed by atoms with Gasteiger partial charge in [0.15, 0.2) is 0 Å². The van der Waals surface area contributed by atoms with E-state index in [9.17, 15) is 0 Å². The van der Waals surface area contributed by atoms with E-state index in [2.05, 4.69) is 59.9 Å². The zero-order valence-corrected chi connectivity index (χ0v) is 13.1. The van der Waals surface area contributed by atoms with Gasteiger partial charge in [0, 0.05) is 17.3 Å². The fourth-order valence-electron chi connectivity index (χ4n) is 2.49. The van der Waals surface area contributed by atoms with Crippen molar-refractivity contribution in [3.8, 4) is 0 Å². The monoisotopic (exact) mass is 307 g/mol. The maximum Gasteiger partial charge on any atom is 0.0410 e. The number of rotatable bonds is 5. The standard InChI is InChI=1S/C20H18ClN/c21-19-11-12-20(22-15-17-9-5-2-6-10-17)18(14-19)13-16-7-3-1-4-8-16/h1-12,14,22H,13,15H2. The van der Waals surface area contributed by atoms with Crippen molar-refractivity contribution in [2.45, 2.75) is 13.0 Å². The maximum atomic E-state index is 6.17. The third-order valence-electron chi connectivity index (χ3n) is 3.63. The fraction of sp³-hybridized carbons (Fsp3) is 0.100. The van der Waals surface area contributed by atoms with Gasteiger partial charge in [-0.3, -0.25) is 0 Å². The second-order valence-corrected chi connectivity index (χ2v) is 5.74. The van der Waals surface area contributed by atoms with E-state index in [0.717, 1.165) is 23.7 Å². The van der Waals surface area contributed by atoms with Gasteiger partial charge in [0.25, 0.3) is 0 Å². The van der Waals surface area contributed by atoms with E-state index in [1.54, 1.807) is 0 Å². The molecule has 22 heavy (non-hydrogen) atoms. The summed E-state index contributed by atoms with van der Waals surface area (Å²) >= 11 is 6.17. The number of hydrogen-bond acceptors (Lipinski definition) is 1. The quantitative estimate of drug-likeness (QED) is 0.652. The summed E-state index contributed by atoms with van der Waals surface area (Å²) in [6.45, 7) is 0.810. The van der Waals surface area contributed by atoms with Gasteiger partial charge in [0.2, 0.25) is 0 Å². The Hall–Kier alpha value is -2.25. The molecule has 0 saturated heterocycles. The highest BCUT2D eigenvalue weighted by Gasteiger charge is 2.05. The lowest BCUT2D eigenvalue weighted by Gasteiger charge is -2.13. The van der Waals surface area contributed by atoms with Crippen LogP contribution in [0.15, 0.2) is 78.9 Å². The van der Waals surface area contributed by atoms with Gasteiger partial charge >= 0.3 is 0 Å². The summed E-state index contributed by atoms with van der Waals surface area (Å²) < 4.78 is 0. The first kappa shape index (κ1) is 14.7. The third-order valence-corrected chi connectivity index (χ3v) is 3.87. The van der Waals surface area contributed by atoms with E-state index in [-0.39, 0.29) is 0 Å². The number of nitrogens with one attached hydrogen (secondary N) is 1. The van der Waals surface area contributed by atoms with E-state index in [1.165, 1.54) is 16.7 Å². The first-order chi connectivity index (χ1) is 10.8. The molecule has 0 aliphatic heterocycles. The molecule has 0 aliphatic rings. The van der Waals surface area contributed by atoms with Gasteiger partial charge in [0.1, 0.15) is 0 Å². The van der Waals surface area contributed by atoms with Gasteiger partial charge in [-0.2, -0.15) is 0 Å². The van der Waals surface area contributed by atoms with Crippen LogP contribution in [0.5, 0.6) is 0 Å². The second-order valence-electron chi connectivity index (χ2n) is 5.30. The maximum absolute atomic E-state index is 6.17. The van der Waals surface area contributed by atoms with E-state index in [1.807, 2.05) is 24.3 Å². The summed E-state index contributed by atoms with van der Waals surface area (Å²) in [5.41, 5.74) is 4.90. The SMILES string of the molecule is Clc1ccc(NCc2ccccc2)c(Cc2ccccc2)c1. The molecule has 0 heterocycles. The fourth-order valence-corrected chi connectivity index (χ4v) is 2.68. The van der Waals surface area contributed by atoms with Gasteiger partial charge in [-0.25, -0.2) is 0 Å². The smallest absolute Gasteiger partial charge is 0.0410 e. The van der Waals surface area contributed by atoms with Crippen LogP contribution in [-0.4, -0.2) is 0 Å². The molecule has 0 atom stereocenters. The normalized spacial score (nSPS) is 10.4. The summed E-state index contributed by atoms with van der Waals surface area (Å²) in [6, 6.07) is 26.9. The third kappa shape index (κ3) is 3.90. The molecule has 0 spiro atoms. The second kappa shape index (κ2) is 7.15. The van der Waals surface area contributed by atoms with Crippen LogP contribution in [0.4, 0.5) is 5.69 Å². The first-order valence-corrected chi connectivity index (χ1v) is 7.79. The molecular formula is C20H18ClN. The molecule has 0 aromatic heterocycles. The Morgan fingerprint density at radius 1 is 0.727 bits per heavy atom. The van der Waals surface area contributed by atoms with Gasteiger partial charge in [-0.1, -0.05) is 72.3 Å². The highest BCUT2D eigenvalue weighted by atomic mass is 35.5. The molecule has 110 valence electrons. The lowest BCUT2D eigenvalue weighted by atomic mass is 10.0. The predicted octanol–water partition coefficient (Wildman–Crippen LogP) is 5.54. The van der Waals surface area contributed by atoms with E-state index >= 15 is 0 Å². The minimum absolute atomic E-state index is 0.774. The van der Waals surface area contributed by atoms with Crippen LogP contribution < -0.4 is 5.32 Å². The molecule has 0 bridgehead atoms. The Labute approximate surface area is 136 Å². The molecule has 0 unspecified atom stereocenters. The van der Waals surface area contributed by atoms with Crippen LogP contribution in [0.1, 0.15) is 16.7 Å². The Morgan fingerprint density at radius 2 is 1.36 bits per heavy atom. The molecule has 0 saturated carbocycles. The minimum atomic E-state index is 0.774. The van der Waals surface area contributed by atoms with Crippen LogP contribution in [0.2, 0.25) is 5.02 Å². The van der Waals surface area contributed by atoms with Gasteiger partial charge in [0.05, 0.1) is 0 Å². The lowest BCUT2D eigenvalue weighted by molar-refractivity contribution is 1.11. The van der Waals surface area contributed by atoms with Crippen LogP contribution in [-0.2, 0) is 13.0 Å². The Morgan fingerprint density at radius 3 is 2.05 bits per heavy atom. The summed E-state index contributed by atoms with van der Waals surface area (Å²) in [5.74, 6) is 0. The van der Waals surface area contributed by atoms with Crippen LogP contribution in [0.25, 0.3) is 0 Å². The summed E-state index contributed by atoms with van der Waals surface area (Å²) in [6.07, 6.45) is 0.874. The summed E-state index contributed by atoms with van der Waals surface area (Å²) in [7, 11) is 0. The van der Waals surface area contributed by atoms with Crippen LogP contribution in [0, 0.1) is 0 Å². The average molecular weight is 308 g/mol. The van der Waals surface area contributed by atoms with Crippen LogP contribution in [0.3, 0.4) is 0 Å². The molecule has 1 nitrogen and oxygen atoms in total. The molecule has 3 aromatic carbocycles. The highest BCUT2D eigenvalue weighted by Crippen LogP contribution is 2.24. The number of halogens is 1. The molecule has 1 N–H and O–H groups in total. The first-order valence-electron chi connectivity index (χ1n) is 7.41. The molecule has 3 rings (SSSR count). The zero-order valence-electron chi connectivity index (χ0n) is 12.3. The van der Waals surface area contributed by atoms with E-state index < -0.39 is 0 Å².